The summed E-state index contributed by atoms with van der Waals surface area (Å²) >= 11 is 3.23. The lowest BCUT2D eigenvalue weighted by Crippen LogP contribution is -2.22. The van der Waals surface area contributed by atoms with Gasteiger partial charge in [0.15, 0.2) is 0 Å². The van der Waals surface area contributed by atoms with Gasteiger partial charge in [-0.15, -0.1) is 0 Å². The quantitative estimate of drug-likeness (QED) is 0.624. The molecule has 0 aliphatic heterocycles. The molecule has 102 valence electrons. The molecule has 0 radical (unpaired) electrons. The third kappa shape index (κ3) is 1.87. The number of benzene rings is 1. The summed E-state index contributed by atoms with van der Waals surface area (Å²) in [5.41, 5.74) is 0.534. The Labute approximate surface area is 121 Å². The van der Waals surface area contributed by atoms with Crippen LogP contribution in [0.2, 0.25) is 0 Å². The Morgan fingerprint density at radius 1 is 1.20 bits per heavy atom. The summed E-state index contributed by atoms with van der Waals surface area (Å²) in [4.78, 5) is 12.0. The zero-order chi connectivity index (χ0) is 14.4. The zero-order valence-electron chi connectivity index (χ0n) is 10.4. The van der Waals surface area contributed by atoms with Crippen LogP contribution in [0, 0.1) is 18.7 Å². The highest BCUT2D eigenvalue weighted by atomic mass is 79.9. The van der Waals surface area contributed by atoms with Crippen molar-refractivity contribution in [3.05, 3.63) is 68.7 Å². The minimum Gasteiger partial charge on any atom is -0.279 e. The van der Waals surface area contributed by atoms with Gasteiger partial charge in [-0.1, -0.05) is 15.9 Å². The molecular formula is C14H9BrF2N2O. The van der Waals surface area contributed by atoms with Crippen LogP contribution in [0.5, 0.6) is 0 Å². The predicted molar refractivity (Wildman–Crippen MR) is 75.3 cm³/mol. The van der Waals surface area contributed by atoms with Gasteiger partial charge < -0.3 is 0 Å². The fourth-order valence-electron chi connectivity index (χ4n) is 2.14. The Bertz CT molecular complexity index is 883. The van der Waals surface area contributed by atoms with Crippen molar-refractivity contribution in [2.45, 2.75) is 6.92 Å². The highest BCUT2D eigenvalue weighted by Gasteiger charge is 2.14. The van der Waals surface area contributed by atoms with Crippen LogP contribution in [0.4, 0.5) is 8.78 Å². The van der Waals surface area contributed by atoms with Gasteiger partial charge in [0.1, 0.15) is 11.5 Å². The molecule has 2 aromatic heterocycles. The van der Waals surface area contributed by atoms with Gasteiger partial charge in [0.2, 0.25) is 5.95 Å². The molecule has 0 aliphatic carbocycles. The van der Waals surface area contributed by atoms with Gasteiger partial charge in [-0.3, -0.25) is 13.8 Å². The third-order valence-corrected chi connectivity index (χ3v) is 3.97. The summed E-state index contributed by atoms with van der Waals surface area (Å²) < 4.78 is 30.8. The number of nitrogens with zero attached hydrogens (tertiary/aromatic N) is 2. The molecule has 2 heterocycles. The maximum absolute atomic E-state index is 14.1. The summed E-state index contributed by atoms with van der Waals surface area (Å²) in [6, 6.07) is 6.83. The number of fused-ring (bicyclic) bond motifs is 1. The van der Waals surface area contributed by atoms with Crippen molar-refractivity contribution in [1.82, 2.24) is 8.97 Å². The predicted octanol–water partition coefficient (Wildman–Crippen LogP) is 3.44. The van der Waals surface area contributed by atoms with Crippen molar-refractivity contribution in [2.75, 3.05) is 0 Å². The Hall–Kier alpha value is -1.95. The number of aryl methyl sites for hydroxylation is 1. The lowest BCUT2D eigenvalue weighted by atomic mass is 10.2. The van der Waals surface area contributed by atoms with Crippen molar-refractivity contribution >= 4 is 21.6 Å². The second-order valence-electron chi connectivity index (χ2n) is 4.43. The van der Waals surface area contributed by atoms with Crippen molar-refractivity contribution in [1.29, 1.82) is 0 Å². The van der Waals surface area contributed by atoms with E-state index in [1.165, 1.54) is 16.7 Å². The number of rotatable bonds is 1. The van der Waals surface area contributed by atoms with E-state index in [1.54, 1.807) is 25.1 Å². The Kier molecular flexibility index (Phi) is 2.97. The van der Waals surface area contributed by atoms with Crippen LogP contribution in [0.25, 0.3) is 11.3 Å². The van der Waals surface area contributed by atoms with Crippen LogP contribution in [-0.4, -0.2) is 8.97 Å². The third-order valence-electron chi connectivity index (χ3n) is 3.12. The van der Waals surface area contributed by atoms with E-state index >= 15 is 0 Å². The normalized spacial score (nSPS) is 11.2. The second kappa shape index (κ2) is 4.56. The van der Waals surface area contributed by atoms with Crippen LogP contribution < -0.4 is 5.56 Å². The first-order chi connectivity index (χ1) is 9.49. The van der Waals surface area contributed by atoms with E-state index in [0.717, 1.165) is 16.2 Å². The second-order valence-corrected chi connectivity index (χ2v) is 5.28. The van der Waals surface area contributed by atoms with Gasteiger partial charge in [0, 0.05) is 10.7 Å². The molecule has 0 atom stereocenters. The largest absolute Gasteiger partial charge is 0.279 e. The van der Waals surface area contributed by atoms with Crippen LogP contribution in [0.15, 0.2) is 45.8 Å². The molecule has 0 unspecified atom stereocenters. The molecule has 0 fully saturated rings. The maximum atomic E-state index is 14.1. The van der Waals surface area contributed by atoms with E-state index in [0.29, 0.717) is 4.47 Å². The number of aromatic nitrogens is 2. The van der Waals surface area contributed by atoms with Crippen LogP contribution in [0.1, 0.15) is 5.56 Å². The van der Waals surface area contributed by atoms with E-state index in [1.807, 2.05) is 0 Å². The minimum atomic E-state index is -0.680. The Morgan fingerprint density at radius 2 is 1.95 bits per heavy atom. The molecule has 6 heteroatoms. The Balaban J connectivity index is 2.44. The number of halogens is 3. The highest BCUT2D eigenvalue weighted by Crippen LogP contribution is 2.23. The van der Waals surface area contributed by atoms with E-state index in [4.69, 9.17) is 0 Å². The molecule has 0 spiro atoms. The fourth-order valence-corrected chi connectivity index (χ4v) is 2.45. The molecular weight excluding hydrogens is 330 g/mol. The average Bonchev–Trinajstić information content (AvgIpc) is 2.84. The number of hydrogen-bond acceptors (Lipinski definition) is 1. The molecule has 20 heavy (non-hydrogen) atoms. The topological polar surface area (TPSA) is 26.4 Å². The first kappa shape index (κ1) is 13.1. The highest BCUT2D eigenvalue weighted by molar-refractivity contribution is 9.10. The van der Waals surface area contributed by atoms with E-state index in [2.05, 4.69) is 15.9 Å². The first-order valence-corrected chi connectivity index (χ1v) is 6.63. The molecule has 3 rings (SSSR count). The van der Waals surface area contributed by atoms with Crippen LogP contribution in [0.3, 0.4) is 0 Å². The monoisotopic (exact) mass is 338 g/mol. The molecule has 1 aromatic carbocycles. The molecule has 0 bridgehead atoms. The van der Waals surface area contributed by atoms with Gasteiger partial charge in [-0.2, -0.15) is 4.39 Å². The van der Waals surface area contributed by atoms with E-state index in [-0.39, 0.29) is 11.3 Å². The molecule has 0 amide bonds. The van der Waals surface area contributed by atoms with Crippen molar-refractivity contribution in [3.63, 3.8) is 0 Å². The summed E-state index contributed by atoms with van der Waals surface area (Å²) in [7, 11) is 0. The molecule has 0 aliphatic rings. The molecule has 3 aromatic rings. The Morgan fingerprint density at radius 3 is 2.70 bits per heavy atom. The van der Waals surface area contributed by atoms with E-state index in [9.17, 15) is 13.6 Å². The number of hydrogen-bond donors (Lipinski definition) is 0. The van der Waals surface area contributed by atoms with Crippen molar-refractivity contribution in [2.24, 2.45) is 0 Å². The SMILES string of the molecule is Cc1cc(-n2c(=O)cc(F)n3cccc23)c(F)cc1Br. The summed E-state index contributed by atoms with van der Waals surface area (Å²) in [6.07, 6.45) is 1.48. The average molecular weight is 339 g/mol. The smallest absolute Gasteiger partial charge is 0.261 e. The molecule has 0 saturated carbocycles. The lowest BCUT2D eigenvalue weighted by molar-refractivity contribution is 0.556. The van der Waals surface area contributed by atoms with E-state index < -0.39 is 17.3 Å². The lowest BCUT2D eigenvalue weighted by Gasteiger charge is -2.12. The van der Waals surface area contributed by atoms with Crippen LogP contribution >= 0.6 is 15.9 Å². The zero-order valence-corrected chi connectivity index (χ0v) is 12.0. The van der Waals surface area contributed by atoms with Gasteiger partial charge in [-0.25, -0.2) is 4.39 Å². The minimum absolute atomic E-state index is 0.0967. The van der Waals surface area contributed by atoms with Gasteiger partial charge in [-0.05, 0) is 36.8 Å². The summed E-state index contributed by atoms with van der Waals surface area (Å²) in [5.74, 6) is -1.24. The van der Waals surface area contributed by atoms with Crippen molar-refractivity contribution in [3.8, 4) is 5.69 Å². The van der Waals surface area contributed by atoms with Gasteiger partial charge in [0.05, 0.1) is 11.8 Å². The maximum Gasteiger partial charge on any atom is 0.261 e. The summed E-state index contributed by atoms with van der Waals surface area (Å²) in [6.45, 7) is 1.79. The van der Waals surface area contributed by atoms with Crippen molar-refractivity contribution < 1.29 is 8.78 Å². The fraction of sp³-hybridized carbons (Fsp3) is 0.0714. The van der Waals surface area contributed by atoms with Crippen LogP contribution in [-0.2, 0) is 0 Å². The summed E-state index contributed by atoms with van der Waals surface area (Å²) in [5, 5.41) is 0. The molecule has 0 N–H and O–H groups in total. The molecule has 0 saturated heterocycles. The molecule has 3 nitrogen and oxygen atoms in total. The van der Waals surface area contributed by atoms with Gasteiger partial charge in [0.25, 0.3) is 5.56 Å². The standard InChI is InChI=1S/C14H9BrF2N2O/c1-8-5-11(10(16)6-9(8)15)19-13-3-2-4-18(13)12(17)7-14(19)20/h2-7H,1H3. The first-order valence-electron chi connectivity index (χ1n) is 5.83. The van der Waals surface area contributed by atoms with Gasteiger partial charge >= 0.3 is 0 Å².